The highest BCUT2D eigenvalue weighted by Crippen LogP contribution is 2.68. The Balaban J connectivity index is 1.26. The van der Waals surface area contributed by atoms with Crippen molar-refractivity contribution in [2.75, 3.05) is 21.1 Å². The first-order valence-corrected chi connectivity index (χ1v) is 13.0. The van der Waals surface area contributed by atoms with Crippen LogP contribution in [0.2, 0.25) is 0 Å². The molecule has 1 amide bonds. The lowest BCUT2D eigenvalue weighted by Gasteiger charge is -2.63. The van der Waals surface area contributed by atoms with Gasteiger partial charge >= 0.3 is 5.97 Å². The van der Waals surface area contributed by atoms with Gasteiger partial charge in [0, 0.05) is 23.4 Å². The van der Waals surface area contributed by atoms with Crippen molar-refractivity contribution in [1.82, 2.24) is 15.1 Å². The molecule has 184 valence electrons. The standard InChI is InChI=1S/C26H37N5O3/c1-29-26(5-4-6-26)22(30(2)3)24(33)34-19-8-14-7-16-12-25(11-14,20(16)19)21(28)23(32)31-17(13-27)9-15-10-18(15)31/h14-18,21-22,29H,4-12,28H2,1-3H3/t14?,15-,16?,17+,18+,21-,22-,25?/m1/s1. The molecule has 8 nitrogen and oxygen atoms in total. The average Bonchev–Trinajstić information content (AvgIpc) is 3.43. The van der Waals surface area contributed by atoms with Crippen molar-refractivity contribution in [2.45, 2.75) is 87.5 Å². The average molecular weight is 468 g/mol. The lowest BCUT2D eigenvalue weighted by molar-refractivity contribution is -0.153. The summed E-state index contributed by atoms with van der Waals surface area (Å²) in [5.41, 5.74) is 7.24. The Morgan fingerprint density at radius 1 is 1.26 bits per heavy atom. The number of hydrogen-bond acceptors (Lipinski definition) is 7. The van der Waals surface area contributed by atoms with Crippen LogP contribution in [0.1, 0.15) is 57.8 Å². The number of allylic oxidation sites excluding steroid dienone is 1. The third-order valence-corrected chi connectivity index (χ3v) is 10.2. The van der Waals surface area contributed by atoms with Crippen LogP contribution in [0.5, 0.6) is 0 Å². The molecule has 0 aromatic carbocycles. The van der Waals surface area contributed by atoms with Crippen LogP contribution in [0.25, 0.3) is 0 Å². The lowest BCUT2D eigenvalue weighted by Crippen LogP contribution is -2.66. The minimum absolute atomic E-state index is 0.0736. The van der Waals surface area contributed by atoms with Gasteiger partial charge in [-0.25, -0.2) is 4.79 Å². The minimum atomic E-state index is -0.661. The van der Waals surface area contributed by atoms with E-state index in [4.69, 9.17) is 10.5 Å². The molecule has 0 spiro atoms. The Kier molecular flexibility index (Phi) is 4.98. The van der Waals surface area contributed by atoms with E-state index in [1.54, 1.807) is 4.90 Å². The van der Waals surface area contributed by atoms with Gasteiger partial charge in [-0.15, -0.1) is 0 Å². The van der Waals surface area contributed by atoms with E-state index in [0.717, 1.165) is 69.1 Å². The number of carbonyl (C=O) groups excluding carboxylic acids is 2. The molecular weight excluding hydrogens is 430 g/mol. The van der Waals surface area contributed by atoms with Crippen molar-refractivity contribution >= 4 is 11.9 Å². The second kappa shape index (κ2) is 7.52. The van der Waals surface area contributed by atoms with Crippen LogP contribution in [-0.4, -0.2) is 72.5 Å². The van der Waals surface area contributed by atoms with E-state index in [9.17, 15) is 14.9 Å². The molecule has 5 saturated carbocycles. The predicted octanol–water partition coefficient (Wildman–Crippen LogP) is 1.52. The third-order valence-electron chi connectivity index (χ3n) is 10.2. The number of nitrogens with two attached hydrogens (primary N) is 1. The molecule has 0 aromatic rings. The number of hydrogen-bond donors (Lipinski definition) is 2. The van der Waals surface area contributed by atoms with Crippen LogP contribution in [0.3, 0.4) is 0 Å². The van der Waals surface area contributed by atoms with Crippen molar-refractivity contribution < 1.29 is 14.3 Å². The van der Waals surface area contributed by atoms with Crippen LogP contribution in [0, 0.1) is 34.5 Å². The molecule has 1 aliphatic heterocycles. The summed E-state index contributed by atoms with van der Waals surface area (Å²) in [7, 11) is 5.81. The van der Waals surface area contributed by atoms with Gasteiger partial charge in [0.25, 0.3) is 0 Å². The number of amides is 1. The van der Waals surface area contributed by atoms with Crippen molar-refractivity contribution in [2.24, 2.45) is 28.9 Å². The Morgan fingerprint density at radius 3 is 2.62 bits per heavy atom. The highest BCUT2D eigenvalue weighted by Gasteiger charge is 2.65. The number of piperidine rings is 1. The van der Waals surface area contributed by atoms with Gasteiger partial charge in [0.2, 0.25) is 5.91 Å². The largest absolute Gasteiger partial charge is 0.430 e. The summed E-state index contributed by atoms with van der Waals surface area (Å²) in [5.74, 6) is 1.75. The number of nitriles is 1. The molecule has 3 N–H and O–H groups in total. The molecule has 8 heteroatoms. The number of likely N-dealkylation sites (tertiary alicyclic amines) is 1. The minimum Gasteiger partial charge on any atom is -0.430 e. The van der Waals surface area contributed by atoms with Gasteiger partial charge < -0.3 is 20.7 Å². The van der Waals surface area contributed by atoms with Gasteiger partial charge in [-0.3, -0.25) is 9.69 Å². The molecule has 3 unspecified atom stereocenters. The molecule has 1 heterocycles. The van der Waals surface area contributed by atoms with Gasteiger partial charge in [-0.1, -0.05) is 0 Å². The maximum atomic E-state index is 13.6. The molecule has 34 heavy (non-hydrogen) atoms. The van der Waals surface area contributed by atoms with Gasteiger partial charge in [0.05, 0.1) is 12.1 Å². The zero-order chi connectivity index (χ0) is 24.0. The second-order valence-electron chi connectivity index (χ2n) is 12.1. The van der Waals surface area contributed by atoms with E-state index in [-0.39, 0.29) is 35.5 Å². The van der Waals surface area contributed by atoms with E-state index in [2.05, 4.69) is 11.4 Å². The molecule has 8 atom stereocenters. The first-order chi connectivity index (χ1) is 16.2. The number of ether oxygens (including phenoxy) is 1. The van der Waals surface area contributed by atoms with E-state index >= 15 is 0 Å². The van der Waals surface area contributed by atoms with Gasteiger partial charge in [-0.2, -0.15) is 5.26 Å². The number of nitrogens with zero attached hydrogens (tertiary/aromatic N) is 3. The number of rotatable bonds is 7. The van der Waals surface area contributed by atoms with E-state index in [1.165, 1.54) is 0 Å². The van der Waals surface area contributed by atoms with Crippen LogP contribution in [-0.2, 0) is 14.3 Å². The molecule has 6 fully saturated rings. The predicted molar refractivity (Wildman–Crippen MR) is 125 cm³/mol. The first-order valence-electron chi connectivity index (χ1n) is 13.0. The smallest absolute Gasteiger partial charge is 0.330 e. The maximum absolute atomic E-state index is 13.6. The zero-order valence-electron chi connectivity index (χ0n) is 20.5. The monoisotopic (exact) mass is 467 g/mol. The zero-order valence-corrected chi connectivity index (χ0v) is 20.5. The molecule has 1 saturated heterocycles. The quantitative estimate of drug-likeness (QED) is 0.546. The normalized spacial score (nSPS) is 40.1. The molecular formula is C26H37N5O3. The highest BCUT2D eigenvalue weighted by atomic mass is 16.5. The van der Waals surface area contributed by atoms with E-state index < -0.39 is 11.5 Å². The Labute approximate surface area is 201 Å². The fraction of sp³-hybridized carbons (Fsp3) is 0.808. The SMILES string of the molecule is CNC1([C@@H](C(=O)OC2=C3C4CC(C2)CC3([C@H](N)C(=O)N2[C@H](C#N)C[C@@H]3C[C@@H]32)C4)N(C)C)CCC1. The van der Waals surface area contributed by atoms with Gasteiger partial charge in [0.15, 0.2) is 0 Å². The Bertz CT molecular complexity index is 991. The lowest BCUT2D eigenvalue weighted by atomic mass is 9.42. The number of fused-ring (bicyclic) bond motifs is 2. The Morgan fingerprint density at radius 2 is 2.03 bits per heavy atom. The molecule has 0 aromatic heterocycles. The van der Waals surface area contributed by atoms with Crippen molar-refractivity contribution in [3.63, 3.8) is 0 Å². The number of likely N-dealkylation sites (N-methyl/N-ethyl adjacent to an activating group) is 2. The van der Waals surface area contributed by atoms with Crippen molar-refractivity contribution in [1.29, 1.82) is 5.26 Å². The topological polar surface area (TPSA) is 112 Å². The molecule has 8 rings (SSSR count). The maximum Gasteiger partial charge on any atom is 0.330 e. The van der Waals surface area contributed by atoms with Crippen LogP contribution in [0.15, 0.2) is 11.3 Å². The highest BCUT2D eigenvalue weighted by molar-refractivity contribution is 5.86. The first kappa shape index (κ1) is 22.5. The molecule has 8 aliphatic rings. The number of carbonyl (C=O) groups is 2. The van der Waals surface area contributed by atoms with Gasteiger partial charge in [0.1, 0.15) is 17.8 Å². The second-order valence-corrected chi connectivity index (χ2v) is 12.1. The summed E-state index contributed by atoms with van der Waals surface area (Å²) >= 11 is 0. The van der Waals surface area contributed by atoms with Crippen molar-refractivity contribution in [3.8, 4) is 6.07 Å². The van der Waals surface area contributed by atoms with Gasteiger partial charge in [-0.05, 0) is 95.8 Å². The van der Waals surface area contributed by atoms with E-state index in [1.807, 2.05) is 26.0 Å². The van der Waals surface area contributed by atoms with Crippen molar-refractivity contribution in [3.05, 3.63) is 11.3 Å². The van der Waals surface area contributed by atoms with E-state index in [0.29, 0.717) is 17.8 Å². The summed E-state index contributed by atoms with van der Waals surface area (Å²) in [5, 5.41) is 13.0. The van der Waals surface area contributed by atoms with Crippen LogP contribution in [0.4, 0.5) is 0 Å². The number of esters is 1. The summed E-state index contributed by atoms with van der Waals surface area (Å²) < 4.78 is 6.21. The summed E-state index contributed by atoms with van der Waals surface area (Å²) in [4.78, 5) is 30.9. The summed E-state index contributed by atoms with van der Waals surface area (Å²) in [6.07, 6.45) is 8.46. The van der Waals surface area contributed by atoms with Crippen LogP contribution >= 0.6 is 0 Å². The molecule has 7 aliphatic carbocycles. The fourth-order valence-electron chi connectivity index (χ4n) is 8.49. The summed E-state index contributed by atoms with van der Waals surface area (Å²) in [6, 6.07) is 1.16. The molecule has 4 bridgehead atoms. The Hall–Kier alpha value is -1.95. The number of nitrogens with one attached hydrogen (secondary N) is 1. The molecule has 0 radical (unpaired) electrons. The fourth-order valence-corrected chi connectivity index (χ4v) is 8.49. The third kappa shape index (κ3) is 2.93. The van der Waals surface area contributed by atoms with Crippen LogP contribution < -0.4 is 11.1 Å². The summed E-state index contributed by atoms with van der Waals surface area (Å²) in [6.45, 7) is 0.